The molecule has 0 aromatic carbocycles. The van der Waals surface area contributed by atoms with Gasteiger partial charge in [0.25, 0.3) is 0 Å². The number of nitrogens with zero attached hydrogens (tertiary/aromatic N) is 2. The van der Waals surface area contributed by atoms with E-state index in [-0.39, 0.29) is 0 Å². The van der Waals surface area contributed by atoms with Gasteiger partial charge in [0.2, 0.25) is 0 Å². The molecule has 0 saturated carbocycles. The van der Waals surface area contributed by atoms with Crippen LogP contribution in [0.5, 0.6) is 0 Å². The quantitative estimate of drug-likeness (QED) is 0.830. The Kier molecular flexibility index (Phi) is 3.34. The Hall–Kier alpha value is -1.00. The first-order valence-electron chi connectivity index (χ1n) is 6.53. The molecule has 92 valence electrons. The zero-order valence-corrected chi connectivity index (χ0v) is 10.1. The van der Waals surface area contributed by atoms with Crippen molar-refractivity contribution in [1.82, 2.24) is 15.3 Å². The molecule has 0 spiro atoms. The van der Waals surface area contributed by atoms with Crippen molar-refractivity contribution in [3.8, 4) is 0 Å². The molecule has 17 heavy (non-hydrogen) atoms. The van der Waals surface area contributed by atoms with Gasteiger partial charge in [-0.1, -0.05) is 0 Å². The van der Waals surface area contributed by atoms with Gasteiger partial charge in [0.15, 0.2) is 0 Å². The predicted molar refractivity (Wildman–Crippen MR) is 64.7 cm³/mol. The van der Waals surface area contributed by atoms with Gasteiger partial charge < -0.3 is 10.1 Å². The number of fused-ring (bicyclic) bond motifs is 1. The highest BCUT2D eigenvalue weighted by molar-refractivity contribution is 5.27. The summed E-state index contributed by atoms with van der Waals surface area (Å²) in [7, 11) is 0. The standard InChI is InChI=1S/C13H19N3O/c1-4-14-8-13-11(1)12(15-9-16-13)7-10-2-5-17-6-3-10/h9-10,14H,1-8H2. The molecule has 4 nitrogen and oxygen atoms in total. The molecule has 0 unspecified atom stereocenters. The second-order valence-electron chi connectivity index (χ2n) is 4.93. The summed E-state index contributed by atoms with van der Waals surface area (Å²) in [6.07, 6.45) is 6.26. The van der Waals surface area contributed by atoms with E-state index >= 15 is 0 Å². The molecule has 1 aromatic heterocycles. The van der Waals surface area contributed by atoms with Gasteiger partial charge >= 0.3 is 0 Å². The van der Waals surface area contributed by atoms with Crippen molar-refractivity contribution >= 4 is 0 Å². The highest BCUT2D eigenvalue weighted by atomic mass is 16.5. The Morgan fingerprint density at radius 1 is 1.29 bits per heavy atom. The summed E-state index contributed by atoms with van der Waals surface area (Å²) in [5, 5.41) is 3.36. The molecule has 0 atom stereocenters. The summed E-state index contributed by atoms with van der Waals surface area (Å²) in [6.45, 7) is 3.79. The van der Waals surface area contributed by atoms with Crippen molar-refractivity contribution in [3.63, 3.8) is 0 Å². The normalized spacial score (nSPS) is 21.2. The van der Waals surface area contributed by atoms with Gasteiger partial charge in [-0.25, -0.2) is 9.97 Å². The minimum Gasteiger partial charge on any atom is -0.381 e. The van der Waals surface area contributed by atoms with Crippen LogP contribution in [0, 0.1) is 5.92 Å². The summed E-state index contributed by atoms with van der Waals surface area (Å²) in [5.41, 5.74) is 3.88. The summed E-state index contributed by atoms with van der Waals surface area (Å²) in [6, 6.07) is 0. The fourth-order valence-corrected chi connectivity index (χ4v) is 2.75. The Morgan fingerprint density at radius 3 is 3.06 bits per heavy atom. The highest BCUT2D eigenvalue weighted by Crippen LogP contribution is 2.23. The molecule has 4 heteroatoms. The van der Waals surface area contributed by atoms with Gasteiger partial charge in [0.1, 0.15) is 6.33 Å². The van der Waals surface area contributed by atoms with Crippen LogP contribution in [0.3, 0.4) is 0 Å². The van der Waals surface area contributed by atoms with Gasteiger partial charge in [-0.15, -0.1) is 0 Å². The number of hydrogen-bond donors (Lipinski definition) is 1. The van der Waals surface area contributed by atoms with Crippen molar-refractivity contribution in [3.05, 3.63) is 23.3 Å². The van der Waals surface area contributed by atoms with E-state index in [1.807, 2.05) is 0 Å². The van der Waals surface area contributed by atoms with Gasteiger partial charge in [-0.05, 0) is 43.7 Å². The molecule has 3 heterocycles. The van der Waals surface area contributed by atoms with E-state index in [1.54, 1.807) is 6.33 Å². The molecular weight excluding hydrogens is 214 g/mol. The van der Waals surface area contributed by atoms with Crippen LogP contribution in [0.25, 0.3) is 0 Å². The summed E-state index contributed by atoms with van der Waals surface area (Å²) >= 11 is 0. The summed E-state index contributed by atoms with van der Waals surface area (Å²) in [5.74, 6) is 0.748. The van der Waals surface area contributed by atoms with E-state index in [0.29, 0.717) is 0 Å². The molecule has 2 aliphatic rings. The summed E-state index contributed by atoms with van der Waals surface area (Å²) < 4.78 is 5.41. The van der Waals surface area contributed by atoms with Crippen molar-refractivity contribution < 1.29 is 4.74 Å². The van der Waals surface area contributed by atoms with Crippen LogP contribution in [0.2, 0.25) is 0 Å². The maximum absolute atomic E-state index is 5.41. The molecule has 1 saturated heterocycles. The van der Waals surface area contributed by atoms with E-state index < -0.39 is 0 Å². The number of nitrogens with one attached hydrogen (secondary N) is 1. The number of rotatable bonds is 2. The first-order valence-corrected chi connectivity index (χ1v) is 6.53. The lowest BCUT2D eigenvalue weighted by molar-refractivity contribution is 0.0662. The Morgan fingerprint density at radius 2 is 2.18 bits per heavy atom. The first kappa shape index (κ1) is 11.1. The lowest BCUT2D eigenvalue weighted by atomic mass is 9.91. The van der Waals surface area contributed by atoms with E-state index in [9.17, 15) is 0 Å². The number of hydrogen-bond acceptors (Lipinski definition) is 4. The third-order valence-corrected chi connectivity index (χ3v) is 3.79. The van der Waals surface area contributed by atoms with Gasteiger partial charge in [0.05, 0.1) is 5.69 Å². The van der Waals surface area contributed by atoms with Crippen LogP contribution in [0.15, 0.2) is 6.33 Å². The summed E-state index contributed by atoms with van der Waals surface area (Å²) in [4.78, 5) is 8.88. The van der Waals surface area contributed by atoms with Crippen LogP contribution in [0.4, 0.5) is 0 Å². The van der Waals surface area contributed by atoms with Crippen LogP contribution in [-0.4, -0.2) is 29.7 Å². The molecular formula is C13H19N3O. The molecule has 1 N–H and O–H groups in total. The van der Waals surface area contributed by atoms with Gasteiger partial charge in [0, 0.05) is 25.5 Å². The van der Waals surface area contributed by atoms with Gasteiger partial charge in [-0.3, -0.25) is 0 Å². The topological polar surface area (TPSA) is 47.0 Å². The molecule has 1 aromatic rings. The van der Waals surface area contributed by atoms with Crippen molar-refractivity contribution in [2.75, 3.05) is 19.8 Å². The molecule has 3 rings (SSSR count). The lowest BCUT2D eigenvalue weighted by Gasteiger charge is -2.24. The van der Waals surface area contributed by atoms with Gasteiger partial charge in [-0.2, -0.15) is 0 Å². The average Bonchev–Trinajstić information content (AvgIpc) is 2.40. The first-order chi connectivity index (χ1) is 8.43. The fraction of sp³-hybridized carbons (Fsp3) is 0.692. The smallest absolute Gasteiger partial charge is 0.116 e. The second kappa shape index (κ2) is 5.10. The third kappa shape index (κ3) is 2.48. The monoisotopic (exact) mass is 233 g/mol. The maximum Gasteiger partial charge on any atom is 0.116 e. The predicted octanol–water partition coefficient (Wildman–Crippen LogP) is 1.09. The second-order valence-corrected chi connectivity index (χ2v) is 4.93. The SMILES string of the molecule is c1nc2c(c(CC3CCOCC3)n1)CCNC2. The van der Waals surface area contributed by atoms with E-state index in [4.69, 9.17) is 4.74 Å². The largest absolute Gasteiger partial charge is 0.381 e. The fourth-order valence-electron chi connectivity index (χ4n) is 2.75. The molecule has 0 bridgehead atoms. The van der Waals surface area contributed by atoms with Crippen LogP contribution in [-0.2, 0) is 24.1 Å². The lowest BCUT2D eigenvalue weighted by Crippen LogP contribution is -2.27. The van der Waals surface area contributed by atoms with E-state index in [2.05, 4.69) is 15.3 Å². The number of aromatic nitrogens is 2. The average molecular weight is 233 g/mol. The van der Waals surface area contributed by atoms with E-state index in [1.165, 1.54) is 29.8 Å². The van der Waals surface area contributed by atoms with Crippen LogP contribution < -0.4 is 5.32 Å². The molecule has 1 fully saturated rings. The molecule has 0 radical (unpaired) electrons. The van der Waals surface area contributed by atoms with Crippen molar-refractivity contribution in [1.29, 1.82) is 0 Å². The minimum atomic E-state index is 0.748. The van der Waals surface area contributed by atoms with Crippen LogP contribution >= 0.6 is 0 Å². The Bertz CT molecular complexity index is 388. The highest BCUT2D eigenvalue weighted by Gasteiger charge is 2.20. The molecule has 0 amide bonds. The maximum atomic E-state index is 5.41. The zero-order valence-electron chi connectivity index (χ0n) is 10.1. The Labute approximate surface area is 102 Å². The Balaban J connectivity index is 1.77. The van der Waals surface area contributed by atoms with Crippen molar-refractivity contribution in [2.45, 2.75) is 32.2 Å². The number of ether oxygens (including phenoxy) is 1. The third-order valence-electron chi connectivity index (χ3n) is 3.79. The molecule has 0 aliphatic carbocycles. The minimum absolute atomic E-state index is 0.748. The molecule has 2 aliphatic heterocycles. The zero-order chi connectivity index (χ0) is 11.5. The van der Waals surface area contributed by atoms with Crippen molar-refractivity contribution in [2.24, 2.45) is 5.92 Å². The van der Waals surface area contributed by atoms with Crippen LogP contribution in [0.1, 0.15) is 29.8 Å². The van der Waals surface area contributed by atoms with E-state index in [0.717, 1.165) is 45.1 Å².